The molecule has 2 aromatic carbocycles. The number of hydrogen-bond donors (Lipinski definition) is 8. The number of phenolic OH excluding ortho intramolecular Hbond substituents is 2. The number of aromatic hydroxyl groups is 2. The van der Waals surface area contributed by atoms with Crippen molar-refractivity contribution in [1.29, 1.82) is 0 Å². The average molecular weight is 677 g/mol. The van der Waals surface area contributed by atoms with Crippen LogP contribution >= 0.6 is 0 Å². The van der Waals surface area contributed by atoms with Crippen molar-refractivity contribution in [3.8, 4) is 34.3 Å². The van der Waals surface area contributed by atoms with Crippen LogP contribution in [0.4, 0.5) is 0 Å². The van der Waals surface area contributed by atoms with E-state index in [1.54, 1.807) is 30.3 Å². The van der Waals surface area contributed by atoms with Gasteiger partial charge in [0.1, 0.15) is 64.8 Å². The van der Waals surface area contributed by atoms with E-state index in [2.05, 4.69) is 0 Å². The number of benzene rings is 2. The Balaban J connectivity index is 1.65. The Bertz CT molecular complexity index is 1680. The van der Waals surface area contributed by atoms with Crippen LogP contribution in [-0.2, 0) is 20.6 Å². The normalized spacial score (nSPS) is 30.6. The third-order valence-electron chi connectivity index (χ3n) is 8.41. The third-order valence-corrected chi connectivity index (χ3v) is 8.41. The molecule has 0 amide bonds. The number of phenols is 2. The molecule has 15 heteroatoms. The maximum Gasteiger partial charge on any atom is 0.239 e. The summed E-state index contributed by atoms with van der Waals surface area (Å²) < 4.78 is 34.6. The lowest BCUT2D eigenvalue weighted by atomic mass is 9.97. The molecule has 0 spiro atoms. The van der Waals surface area contributed by atoms with Gasteiger partial charge in [0, 0.05) is 17.2 Å². The van der Waals surface area contributed by atoms with Gasteiger partial charge in [-0.3, -0.25) is 4.79 Å². The number of allylic oxidation sites excluding steroid dienone is 2. The molecule has 3 heterocycles. The van der Waals surface area contributed by atoms with Crippen molar-refractivity contribution in [2.24, 2.45) is 0 Å². The first kappa shape index (κ1) is 35.5. The molecule has 0 unspecified atom stereocenters. The van der Waals surface area contributed by atoms with Crippen LogP contribution < -0.4 is 14.9 Å². The largest absolute Gasteiger partial charge is 0.507 e. The van der Waals surface area contributed by atoms with Gasteiger partial charge in [-0.1, -0.05) is 11.6 Å². The summed E-state index contributed by atoms with van der Waals surface area (Å²) >= 11 is 0. The predicted octanol–water partition coefficient (Wildman–Crippen LogP) is 0.419. The van der Waals surface area contributed by atoms with Crippen molar-refractivity contribution < 1.29 is 69.0 Å². The first-order chi connectivity index (χ1) is 22.8. The van der Waals surface area contributed by atoms with Gasteiger partial charge in [0.25, 0.3) is 0 Å². The maximum atomic E-state index is 14.3. The van der Waals surface area contributed by atoms with Crippen LogP contribution in [0, 0.1) is 0 Å². The van der Waals surface area contributed by atoms with Crippen LogP contribution in [0.15, 0.2) is 51.2 Å². The summed E-state index contributed by atoms with van der Waals surface area (Å²) in [5.41, 5.74) is 0.434. The molecule has 2 aliphatic rings. The predicted molar refractivity (Wildman–Crippen MR) is 167 cm³/mol. The lowest BCUT2D eigenvalue weighted by Crippen LogP contribution is -2.64. The summed E-state index contributed by atoms with van der Waals surface area (Å²) in [6, 6.07) is 7.34. The van der Waals surface area contributed by atoms with Crippen molar-refractivity contribution in [2.75, 3.05) is 13.7 Å². The van der Waals surface area contributed by atoms with Crippen LogP contribution in [-0.4, -0.2) is 116 Å². The average Bonchev–Trinajstić information content (AvgIpc) is 3.05. The Labute approximate surface area is 274 Å². The molecule has 1 aromatic heterocycles. The number of aliphatic hydroxyl groups excluding tert-OH is 6. The standard InChI is InChI=1S/C33H40O15/c1-13(2)5-10-17-18(35)11-19(36)21-24(39)30(28(46-29(17)21)15-6-8-16(43-4)9-7-15)47-33-31(26(41)22(37)14(3)44-33)48-32-27(42)25(40)23(38)20(12-34)45-32/h5-9,11,14,20,22-23,25-27,31-38,40-42H,10,12H2,1-4H3/t14-,20-,22-,23+,25+,26-,27+,31-,32-,33-/m0/s1. The number of hydrogen-bond acceptors (Lipinski definition) is 15. The molecule has 0 radical (unpaired) electrons. The van der Waals surface area contributed by atoms with Crippen LogP contribution in [0.2, 0.25) is 0 Å². The van der Waals surface area contributed by atoms with E-state index in [0.29, 0.717) is 11.3 Å². The molecule has 15 nitrogen and oxygen atoms in total. The summed E-state index contributed by atoms with van der Waals surface area (Å²) in [6.07, 6.45) is -14.4. The van der Waals surface area contributed by atoms with Crippen molar-refractivity contribution in [2.45, 2.75) is 88.6 Å². The molecular formula is C33H40O15. The van der Waals surface area contributed by atoms with E-state index >= 15 is 0 Å². The Kier molecular flexibility index (Phi) is 10.6. The summed E-state index contributed by atoms with van der Waals surface area (Å²) in [7, 11) is 1.47. The van der Waals surface area contributed by atoms with E-state index in [-0.39, 0.29) is 34.5 Å². The Morgan fingerprint density at radius 3 is 2.21 bits per heavy atom. The van der Waals surface area contributed by atoms with Crippen molar-refractivity contribution in [1.82, 2.24) is 0 Å². The van der Waals surface area contributed by atoms with Gasteiger partial charge in [-0.25, -0.2) is 0 Å². The fourth-order valence-corrected chi connectivity index (χ4v) is 5.61. The van der Waals surface area contributed by atoms with E-state index in [0.717, 1.165) is 11.6 Å². The fourth-order valence-electron chi connectivity index (χ4n) is 5.61. The molecule has 48 heavy (non-hydrogen) atoms. The van der Waals surface area contributed by atoms with Crippen LogP contribution in [0.25, 0.3) is 22.3 Å². The van der Waals surface area contributed by atoms with E-state index in [1.807, 2.05) is 13.8 Å². The first-order valence-corrected chi connectivity index (χ1v) is 15.2. The second-order valence-electron chi connectivity index (χ2n) is 12.0. The van der Waals surface area contributed by atoms with Gasteiger partial charge in [-0.05, 0) is 51.5 Å². The third kappa shape index (κ3) is 6.74. The van der Waals surface area contributed by atoms with Gasteiger partial charge < -0.3 is 69.0 Å². The van der Waals surface area contributed by atoms with E-state index in [4.69, 9.17) is 28.1 Å². The SMILES string of the molecule is COc1ccc(-c2oc3c(CC=C(C)C)c(O)cc(O)c3c(=O)c2O[C@@H]2O[C@@H](C)[C@H](O)[C@H](O)[C@@H]2O[C@@H]2O[C@@H](CO)[C@@H](O)[C@@H](O)[C@H]2O)cc1. The monoisotopic (exact) mass is 676 g/mol. The zero-order valence-corrected chi connectivity index (χ0v) is 26.6. The second-order valence-corrected chi connectivity index (χ2v) is 12.0. The molecule has 2 aliphatic heterocycles. The molecule has 262 valence electrons. The number of ether oxygens (including phenoxy) is 5. The van der Waals surface area contributed by atoms with Gasteiger partial charge in [0.05, 0.1) is 19.8 Å². The summed E-state index contributed by atoms with van der Waals surface area (Å²) in [5.74, 6) is -1.11. The van der Waals surface area contributed by atoms with Crippen LogP contribution in [0.5, 0.6) is 23.0 Å². The highest BCUT2D eigenvalue weighted by Gasteiger charge is 2.51. The highest BCUT2D eigenvalue weighted by Crippen LogP contribution is 2.41. The molecular weight excluding hydrogens is 636 g/mol. The smallest absolute Gasteiger partial charge is 0.239 e. The zero-order chi connectivity index (χ0) is 35.0. The minimum atomic E-state index is -1.88. The Hall–Kier alpha value is -3.77. The summed E-state index contributed by atoms with van der Waals surface area (Å²) in [5, 5.41) is 83.7. The Morgan fingerprint density at radius 2 is 1.58 bits per heavy atom. The molecule has 5 rings (SSSR count). The molecule has 10 atom stereocenters. The molecule has 8 N–H and O–H groups in total. The molecule has 3 aromatic rings. The van der Waals surface area contributed by atoms with Crippen molar-refractivity contribution in [3.05, 3.63) is 57.8 Å². The molecule has 0 saturated carbocycles. The topological polar surface area (TPSA) is 238 Å². The van der Waals surface area contributed by atoms with E-state index < -0.39 is 84.9 Å². The maximum absolute atomic E-state index is 14.3. The molecule has 0 bridgehead atoms. The van der Waals surface area contributed by atoms with Gasteiger partial charge >= 0.3 is 0 Å². The minimum absolute atomic E-state index is 0.115. The highest BCUT2D eigenvalue weighted by atomic mass is 16.8. The number of fused-ring (bicyclic) bond motifs is 1. The van der Waals surface area contributed by atoms with E-state index in [1.165, 1.54) is 14.0 Å². The quantitative estimate of drug-likeness (QED) is 0.143. The lowest BCUT2D eigenvalue weighted by Gasteiger charge is -2.45. The summed E-state index contributed by atoms with van der Waals surface area (Å²) in [6.45, 7) is 4.37. The van der Waals surface area contributed by atoms with Gasteiger partial charge in [-0.2, -0.15) is 0 Å². The first-order valence-electron chi connectivity index (χ1n) is 15.2. The van der Waals surface area contributed by atoms with Gasteiger partial charge in [0.2, 0.25) is 17.5 Å². The van der Waals surface area contributed by atoms with Crippen LogP contribution in [0.1, 0.15) is 26.3 Å². The van der Waals surface area contributed by atoms with Gasteiger partial charge in [0.15, 0.2) is 18.2 Å². The zero-order valence-electron chi connectivity index (χ0n) is 26.6. The number of methoxy groups -OCH3 is 1. The minimum Gasteiger partial charge on any atom is -0.507 e. The number of aliphatic hydroxyl groups is 6. The highest BCUT2D eigenvalue weighted by molar-refractivity contribution is 5.91. The Morgan fingerprint density at radius 1 is 0.896 bits per heavy atom. The van der Waals surface area contributed by atoms with Crippen molar-refractivity contribution in [3.63, 3.8) is 0 Å². The lowest BCUT2D eigenvalue weighted by molar-refractivity contribution is -0.355. The summed E-state index contributed by atoms with van der Waals surface area (Å²) in [4.78, 5) is 14.3. The fraction of sp³-hybridized carbons (Fsp3) is 0.485. The van der Waals surface area contributed by atoms with E-state index in [9.17, 15) is 45.6 Å². The number of rotatable bonds is 9. The van der Waals surface area contributed by atoms with Crippen molar-refractivity contribution >= 4 is 11.0 Å². The van der Waals surface area contributed by atoms with Crippen LogP contribution in [0.3, 0.4) is 0 Å². The van der Waals surface area contributed by atoms with Gasteiger partial charge in [-0.15, -0.1) is 0 Å². The molecule has 2 saturated heterocycles. The molecule has 2 fully saturated rings. The second kappa shape index (κ2) is 14.4. The molecule has 0 aliphatic carbocycles.